The normalized spacial score (nSPS) is 18.8. The summed E-state index contributed by atoms with van der Waals surface area (Å²) >= 11 is 0. The van der Waals surface area contributed by atoms with Gasteiger partial charge in [-0.25, -0.2) is 9.97 Å². The highest BCUT2D eigenvalue weighted by Crippen LogP contribution is 2.40. The molecule has 2 atom stereocenters. The number of fused-ring (bicyclic) bond motifs is 3. The Morgan fingerprint density at radius 2 is 1.97 bits per heavy atom. The number of nitrogens with zero attached hydrogens (tertiary/aromatic N) is 3. The topological polar surface area (TPSA) is 85.5 Å². The Morgan fingerprint density at radius 1 is 1.19 bits per heavy atom. The number of halogens is 3. The van der Waals surface area contributed by atoms with Gasteiger partial charge in [0, 0.05) is 37.0 Å². The minimum absolute atomic E-state index is 0.00949. The van der Waals surface area contributed by atoms with Crippen molar-refractivity contribution in [2.75, 3.05) is 49.4 Å². The van der Waals surface area contributed by atoms with Gasteiger partial charge in [-0.15, -0.1) is 0 Å². The van der Waals surface area contributed by atoms with Gasteiger partial charge in [-0.1, -0.05) is 0 Å². The molecule has 0 saturated carbocycles. The van der Waals surface area contributed by atoms with Crippen molar-refractivity contribution in [1.82, 2.24) is 9.97 Å². The zero-order chi connectivity index (χ0) is 26.3. The smallest absolute Gasteiger partial charge is 0.399 e. The standard InChI is InChI=1S/C27H32F3N5O2/c1-15(17-9-18(27(28,29)30)11-19(31)10-17)32-26-23-12-24(35-7-8-37-20(13-35)14-36-3)21-5-4-6-22(21)25(23)33-16(2)34-26/h9-12,15,20H,4-8,13-14,31H2,1-3H3,(H,32,33,34)/t15-,20+/m1/s1. The Hall–Kier alpha value is -3.11. The van der Waals surface area contributed by atoms with Gasteiger partial charge in [0.1, 0.15) is 11.6 Å². The molecule has 3 aromatic rings. The molecule has 0 spiro atoms. The van der Waals surface area contributed by atoms with Crippen molar-refractivity contribution in [3.63, 3.8) is 0 Å². The molecule has 2 aliphatic rings. The zero-order valence-electron chi connectivity index (χ0n) is 21.3. The van der Waals surface area contributed by atoms with Crippen LogP contribution >= 0.6 is 0 Å². The Labute approximate surface area is 214 Å². The highest BCUT2D eigenvalue weighted by atomic mass is 19.4. The molecule has 1 aliphatic carbocycles. The third-order valence-electron chi connectivity index (χ3n) is 7.14. The van der Waals surface area contributed by atoms with Crippen LogP contribution < -0.4 is 16.0 Å². The molecule has 1 aromatic heterocycles. The zero-order valence-corrected chi connectivity index (χ0v) is 21.3. The number of aromatic nitrogens is 2. The minimum Gasteiger partial charge on any atom is -0.399 e. The molecule has 2 aromatic carbocycles. The van der Waals surface area contributed by atoms with Gasteiger partial charge in [-0.2, -0.15) is 13.2 Å². The highest BCUT2D eigenvalue weighted by molar-refractivity contribution is 5.96. The van der Waals surface area contributed by atoms with Crippen molar-refractivity contribution in [3.8, 4) is 0 Å². The first-order valence-corrected chi connectivity index (χ1v) is 12.6. The average Bonchev–Trinajstić information content (AvgIpc) is 3.33. The van der Waals surface area contributed by atoms with E-state index in [9.17, 15) is 13.2 Å². The molecule has 1 saturated heterocycles. The van der Waals surface area contributed by atoms with Crippen molar-refractivity contribution in [1.29, 1.82) is 0 Å². The second-order valence-electron chi connectivity index (χ2n) is 9.87. The molecule has 3 N–H and O–H groups in total. The van der Waals surface area contributed by atoms with E-state index in [2.05, 4.69) is 21.3 Å². The summed E-state index contributed by atoms with van der Waals surface area (Å²) in [5.74, 6) is 1.21. The summed E-state index contributed by atoms with van der Waals surface area (Å²) in [7, 11) is 1.67. The van der Waals surface area contributed by atoms with E-state index in [0.717, 1.165) is 61.1 Å². The lowest BCUT2D eigenvalue weighted by Crippen LogP contribution is -2.44. The quantitative estimate of drug-likeness (QED) is 0.444. The molecule has 0 unspecified atom stereocenters. The van der Waals surface area contributed by atoms with Crippen LogP contribution in [0, 0.1) is 6.92 Å². The molecule has 10 heteroatoms. The molecule has 1 fully saturated rings. The van der Waals surface area contributed by atoms with E-state index in [4.69, 9.17) is 20.2 Å². The first kappa shape index (κ1) is 25.5. The van der Waals surface area contributed by atoms with E-state index in [1.54, 1.807) is 13.2 Å². The van der Waals surface area contributed by atoms with Crippen LogP contribution in [0.1, 0.15) is 47.5 Å². The molecule has 0 amide bonds. The van der Waals surface area contributed by atoms with Crippen molar-refractivity contribution in [2.24, 2.45) is 0 Å². The largest absolute Gasteiger partial charge is 0.416 e. The number of rotatable bonds is 6. The van der Waals surface area contributed by atoms with Gasteiger partial charge in [0.15, 0.2) is 0 Å². The second kappa shape index (κ2) is 9.98. The fourth-order valence-electron chi connectivity index (χ4n) is 5.46. The lowest BCUT2D eigenvalue weighted by Gasteiger charge is -2.35. The number of alkyl halides is 3. The fraction of sp³-hybridized carbons (Fsp3) is 0.481. The molecular formula is C27H32F3N5O2. The molecule has 37 heavy (non-hydrogen) atoms. The molecule has 0 radical (unpaired) electrons. The number of hydrogen-bond acceptors (Lipinski definition) is 7. The number of nitrogens with one attached hydrogen (secondary N) is 1. The van der Waals surface area contributed by atoms with Crippen LogP contribution in [0.3, 0.4) is 0 Å². The first-order chi connectivity index (χ1) is 17.6. The number of benzene rings is 2. The Bertz CT molecular complexity index is 1310. The van der Waals surface area contributed by atoms with E-state index < -0.39 is 17.8 Å². The van der Waals surface area contributed by atoms with Crippen molar-refractivity contribution in [3.05, 3.63) is 52.3 Å². The van der Waals surface area contributed by atoms with E-state index in [0.29, 0.717) is 30.4 Å². The molecule has 5 rings (SSSR count). The van der Waals surface area contributed by atoms with Crippen LogP contribution in [0.25, 0.3) is 10.9 Å². The van der Waals surface area contributed by atoms with E-state index in [1.807, 2.05) is 13.8 Å². The lowest BCUT2D eigenvalue weighted by atomic mass is 10.0. The van der Waals surface area contributed by atoms with Gasteiger partial charge in [0.2, 0.25) is 0 Å². The van der Waals surface area contributed by atoms with Crippen LogP contribution in [0.2, 0.25) is 0 Å². The number of anilines is 3. The summed E-state index contributed by atoms with van der Waals surface area (Å²) in [6.07, 6.45) is -1.51. The number of morpholine rings is 1. The molecule has 1 aliphatic heterocycles. The Morgan fingerprint density at radius 3 is 2.73 bits per heavy atom. The van der Waals surface area contributed by atoms with Crippen molar-refractivity contribution >= 4 is 28.1 Å². The third kappa shape index (κ3) is 5.17. The van der Waals surface area contributed by atoms with Crippen molar-refractivity contribution < 1.29 is 22.6 Å². The van der Waals surface area contributed by atoms with Gasteiger partial charge in [-0.3, -0.25) is 0 Å². The Kier molecular flexibility index (Phi) is 6.89. The van der Waals surface area contributed by atoms with Crippen LogP contribution in [0.5, 0.6) is 0 Å². The lowest BCUT2D eigenvalue weighted by molar-refractivity contribution is -0.137. The predicted molar refractivity (Wildman–Crippen MR) is 138 cm³/mol. The monoisotopic (exact) mass is 515 g/mol. The van der Waals surface area contributed by atoms with Crippen LogP contribution in [0.4, 0.5) is 30.4 Å². The van der Waals surface area contributed by atoms with E-state index >= 15 is 0 Å². The number of ether oxygens (including phenoxy) is 2. The Balaban J connectivity index is 1.56. The maximum absolute atomic E-state index is 13.4. The predicted octanol–water partition coefficient (Wildman–Crippen LogP) is 5.05. The van der Waals surface area contributed by atoms with Crippen LogP contribution in [0.15, 0.2) is 24.3 Å². The first-order valence-electron chi connectivity index (χ1n) is 12.6. The molecule has 2 heterocycles. The number of methoxy groups -OCH3 is 1. The summed E-state index contributed by atoms with van der Waals surface area (Å²) < 4.78 is 51.4. The van der Waals surface area contributed by atoms with E-state index in [1.165, 1.54) is 11.1 Å². The number of aryl methyl sites for hydroxylation is 2. The van der Waals surface area contributed by atoms with Gasteiger partial charge in [0.05, 0.1) is 36.4 Å². The number of nitrogen functional groups attached to an aromatic ring is 1. The maximum Gasteiger partial charge on any atom is 0.416 e. The summed E-state index contributed by atoms with van der Waals surface area (Å²) in [6, 6.07) is 5.32. The summed E-state index contributed by atoms with van der Waals surface area (Å²) in [4.78, 5) is 11.8. The van der Waals surface area contributed by atoms with Crippen LogP contribution in [-0.4, -0.2) is 49.5 Å². The van der Waals surface area contributed by atoms with Gasteiger partial charge in [0.25, 0.3) is 0 Å². The summed E-state index contributed by atoms with van der Waals surface area (Å²) in [5, 5.41) is 4.22. The summed E-state index contributed by atoms with van der Waals surface area (Å²) in [6.45, 7) is 6.28. The van der Waals surface area contributed by atoms with Crippen molar-refractivity contribution in [2.45, 2.75) is 51.4 Å². The summed E-state index contributed by atoms with van der Waals surface area (Å²) in [5.41, 5.74) is 10.2. The van der Waals surface area contributed by atoms with E-state index in [-0.39, 0.29) is 11.8 Å². The number of hydrogen-bond donors (Lipinski definition) is 2. The molecular weight excluding hydrogens is 483 g/mol. The molecule has 0 bridgehead atoms. The average molecular weight is 516 g/mol. The highest BCUT2D eigenvalue weighted by Gasteiger charge is 2.32. The van der Waals surface area contributed by atoms with Crippen LogP contribution in [-0.2, 0) is 28.5 Å². The second-order valence-corrected chi connectivity index (χ2v) is 9.87. The maximum atomic E-state index is 13.4. The van der Waals surface area contributed by atoms with Gasteiger partial charge in [-0.05, 0) is 74.1 Å². The molecule has 7 nitrogen and oxygen atoms in total. The van der Waals surface area contributed by atoms with Gasteiger partial charge < -0.3 is 25.4 Å². The fourth-order valence-corrected chi connectivity index (χ4v) is 5.46. The third-order valence-corrected chi connectivity index (χ3v) is 7.14. The number of nitrogens with two attached hydrogens (primary N) is 1. The SMILES string of the molecule is COC[C@@H]1CN(c2cc3c(N[C@H](C)c4cc(N)cc(C(F)(F)F)c4)nc(C)nc3c3c2CCC3)CCO1. The molecule has 198 valence electrons. The minimum atomic E-state index is -4.48. The van der Waals surface area contributed by atoms with Gasteiger partial charge >= 0.3 is 6.18 Å².